The van der Waals surface area contributed by atoms with E-state index < -0.39 is 0 Å². The van der Waals surface area contributed by atoms with E-state index in [1.807, 2.05) is 62.3 Å². The van der Waals surface area contributed by atoms with Crippen LogP contribution in [0, 0.1) is 6.92 Å². The van der Waals surface area contributed by atoms with E-state index in [1.165, 1.54) is 6.33 Å². The molecule has 0 fully saturated rings. The normalized spacial score (nSPS) is 11.6. The lowest BCUT2D eigenvalue weighted by Crippen LogP contribution is -2.25. The van der Waals surface area contributed by atoms with Gasteiger partial charge in [-0.2, -0.15) is 5.10 Å². The molecule has 0 saturated heterocycles. The molecule has 0 aliphatic carbocycles. The molecule has 4 aromatic rings. The number of halogens is 1. The summed E-state index contributed by atoms with van der Waals surface area (Å²) in [5, 5.41) is 6.13. The number of hydrogen-bond donors (Lipinski definition) is 1. The summed E-state index contributed by atoms with van der Waals surface area (Å²) in [4.78, 5) is 24.8. The number of aromatic nitrogens is 4. The van der Waals surface area contributed by atoms with E-state index in [0.29, 0.717) is 34.1 Å². The van der Waals surface area contributed by atoms with E-state index in [2.05, 4.69) is 9.97 Å². The van der Waals surface area contributed by atoms with Crippen molar-refractivity contribution in [3.05, 3.63) is 71.5 Å². The van der Waals surface area contributed by atoms with Crippen molar-refractivity contribution in [2.45, 2.75) is 6.92 Å². The van der Waals surface area contributed by atoms with Crippen LogP contribution >= 0.6 is 11.6 Å². The lowest BCUT2D eigenvalue weighted by molar-refractivity contribution is -0.113. The van der Waals surface area contributed by atoms with Crippen LogP contribution in [-0.4, -0.2) is 58.2 Å². The van der Waals surface area contributed by atoms with Crippen LogP contribution in [0.2, 0.25) is 5.02 Å². The molecule has 0 bridgehead atoms. The molecule has 2 N–H and O–H groups in total. The molecule has 2 aromatic carbocycles. The molecule has 2 heterocycles. The standard InChI is InChI=1S/C25H26ClN7O/c1-16-14-19(11-12-20(16)32(4)21(34)6-5-13-31(2)3)33-25-22(24(27)28-15-29-25)23(30-33)17-7-9-18(26)10-8-17/h5-12,14-15H,13H2,1-4H3,(H2,27,28,29)/b6-5+. The van der Waals surface area contributed by atoms with Crippen LogP contribution < -0.4 is 10.6 Å². The summed E-state index contributed by atoms with van der Waals surface area (Å²) in [5.41, 5.74) is 10.9. The SMILES string of the molecule is Cc1cc(-n2nc(-c3ccc(Cl)cc3)c3c(N)ncnc32)ccc1N(C)C(=O)/C=C/CN(C)C. The maximum Gasteiger partial charge on any atom is 0.250 e. The van der Waals surface area contributed by atoms with Crippen LogP contribution in [0.25, 0.3) is 28.0 Å². The molecule has 2 aromatic heterocycles. The Hall–Kier alpha value is -3.75. The van der Waals surface area contributed by atoms with Crippen LogP contribution in [0.3, 0.4) is 0 Å². The third-order valence-electron chi connectivity index (χ3n) is 5.46. The number of benzene rings is 2. The molecule has 0 atom stereocenters. The number of rotatable bonds is 6. The molecule has 0 spiro atoms. The highest BCUT2D eigenvalue weighted by Crippen LogP contribution is 2.33. The fourth-order valence-electron chi connectivity index (χ4n) is 3.71. The molecule has 1 amide bonds. The third kappa shape index (κ3) is 4.64. The summed E-state index contributed by atoms with van der Waals surface area (Å²) in [6.07, 6.45) is 4.86. The predicted octanol–water partition coefficient (Wildman–Crippen LogP) is 4.11. The monoisotopic (exact) mass is 475 g/mol. The molecule has 0 aliphatic rings. The summed E-state index contributed by atoms with van der Waals surface area (Å²) in [6, 6.07) is 13.2. The smallest absolute Gasteiger partial charge is 0.250 e. The Labute approximate surface area is 203 Å². The maximum absolute atomic E-state index is 12.6. The fraction of sp³-hybridized carbons (Fsp3) is 0.200. The number of amides is 1. The molecule has 34 heavy (non-hydrogen) atoms. The van der Waals surface area contributed by atoms with E-state index in [9.17, 15) is 4.79 Å². The van der Waals surface area contributed by atoms with Gasteiger partial charge < -0.3 is 15.5 Å². The third-order valence-corrected chi connectivity index (χ3v) is 5.71. The number of carbonyl (C=O) groups is 1. The molecule has 174 valence electrons. The van der Waals surface area contributed by atoms with Gasteiger partial charge in [-0.15, -0.1) is 0 Å². The van der Waals surface area contributed by atoms with Gasteiger partial charge in [0.15, 0.2) is 5.65 Å². The first kappa shape index (κ1) is 23.4. The van der Waals surface area contributed by atoms with Crippen molar-refractivity contribution in [1.82, 2.24) is 24.6 Å². The Kier molecular flexibility index (Phi) is 6.63. The van der Waals surface area contributed by atoms with Gasteiger partial charge in [-0.3, -0.25) is 4.79 Å². The first-order chi connectivity index (χ1) is 16.3. The lowest BCUT2D eigenvalue weighted by atomic mass is 10.1. The van der Waals surface area contributed by atoms with Gasteiger partial charge in [-0.05, 0) is 56.9 Å². The van der Waals surface area contributed by atoms with Gasteiger partial charge >= 0.3 is 0 Å². The van der Waals surface area contributed by atoms with Crippen LogP contribution in [0.4, 0.5) is 11.5 Å². The van der Waals surface area contributed by atoms with Crippen molar-refractivity contribution in [2.24, 2.45) is 0 Å². The quantitative estimate of drug-likeness (QED) is 0.422. The molecular formula is C25H26ClN7O. The zero-order valence-electron chi connectivity index (χ0n) is 19.5. The summed E-state index contributed by atoms with van der Waals surface area (Å²) in [6.45, 7) is 2.66. The summed E-state index contributed by atoms with van der Waals surface area (Å²) in [5.74, 6) is 0.261. The average Bonchev–Trinajstić information content (AvgIpc) is 3.20. The second-order valence-electron chi connectivity index (χ2n) is 8.26. The Bertz CT molecular complexity index is 1380. The molecule has 9 heteroatoms. The van der Waals surface area contributed by atoms with E-state index in [-0.39, 0.29) is 5.91 Å². The van der Waals surface area contributed by atoms with Gasteiger partial charge in [-0.25, -0.2) is 14.6 Å². The minimum atomic E-state index is -0.0900. The fourth-order valence-corrected chi connectivity index (χ4v) is 3.83. The first-order valence-corrected chi connectivity index (χ1v) is 11.1. The van der Waals surface area contributed by atoms with Crippen LogP contribution in [0.5, 0.6) is 0 Å². The van der Waals surface area contributed by atoms with Gasteiger partial charge in [0.05, 0.1) is 11.1 Å². The van der Waals surface area contributed by atoms with E-state index in [0.717, 1.165) is 22.5 Å². The number of nitrogens with two attached hydrogens (primary N) is 1. The van der Waals surface area contributed by atoms with Gasteiger partial charge in [-0.1, -0.05) is 29.8 Å². The van der Waals surface area contributed by atoms with Gasteiger partial charge in [0, 0.05) is 35.9 Å². The number of nitrogen functional groups attached to an aromatic ring is 1. The van der Waals surface area contributed by atoms with Crippen molar-refractivity contribution < 1.29 is 4.79 Å². The van der Waals surface area contributed by atoms with E-state index in [1.54, 1.807) is 34.8 Å². The number of hydrogen-bond acceptors (Lipinski definition) is 6. The van der Waals surface area contributed by atoms with Crippen LogP contribution in [-0.2, 0) is 4.79 Å². The zero-order valence-corrected chi connectivity index (χ0v) is 20.3. The molecule has 0 radical (unpaired) electrons. The van der Waals surface area contributed by atoms with Crippen molar-refractivity contribution in [2.75, 3.05) is 38.3 Å². The molecular weight excluding hydrogens is 450 g/mol. The molecule has 0 unspecified atom stereocenters. The van der Waals surface area contributed by atoms with E-state index >= 15 is 0 Å². The molecule has 8 nitrogen and oxygen atoms in total. The van der Waals surface area contributed by atoms with Gasteiger partial charge in [0.1, 0.15) is 17.8 Å². The highest BCUT2D eigenvalue weighted by molar-refractivity contribution is 6.30. The van der Waals surface area contributed by atoms with Crippen LogP contribution in [0.15, 0.2) is 60.9 Å². The number of aryl methyl sites for hydroxylation is 1. The summed E-state index contributed by atoms with van der Waals surface area (Å²) >= 11 is 6.06. The first-order valence-electron chi connectivity index (χ1n) is 10.7. The average molecular weight is 476 g/mol. The Morgan fingerprint density at radius 1 is 1.12 bits per heavy atom. The highest BCUT2D eigenvalue weighted by Gasteiger charge is 2.19. The minimum Gasteiger partial charge on any atom is -0.383 e. The topological polar surface area (TPSA) is 93.2 Å². The van der Waals surface area contributed by atoms with Crippen molar-refractivity contribution in [3.63, 3.8) is 0 Å². The number of fused-ring (bicyclic) bond motifs is 1. The zero-order chi connectivity index (χ0) is 24.4. The lowest BCUT2D eigenvalue weighted by Gasteiger charge is -2.19. The Morgan fingerprint density at radius 2 is 1.85 bits per heavy atom. The Morgan fingerprint density at radius 3 is 2.53 bits per heavy atom. The predicted molar refractivity (Wildman–Crippen MR) is 137 cm³/mol. The summed E-state index contributed by atoms with van der Waals surface area (Å²) < 4.78 is 1.74. The highest BCUT2D eigenvalue weighted by atomic mass is 35.5. The second kappa shape index (κ2) is 9.62. The minimum absolute atomic E-state index is 0.0900. The molecule has 0 saturated carbocycles. The molecule has 0 aliphatic heterocycles. The van der Waals surface area contributed by atoms with E-state index in [4.69, 9.17) is 22.4 Å². The van der Waals surface area contributed by atoms with Crippen molar-refractivity contribution in [3.8, 4) is 16.9 Å². The molecule has 4 rings (SSSR count). The Balaban J connectivity index is 1.74. The maximum atomic E-state index is 12.6. The van der Waals surface area contributed by atoms with Crippen LogP contribution in [0.1, 0.15) is 5.56 Å². The second-order valence-corrected chi connectivity index (χ2v) is 8.69. The number of likely N-dealkylation sites (N-methyl/N-ethyl adjacent to an activating group) is 2. The van der Waals surface area contributed by atoms with Gasteiger partial charge in [0.25, 0.3) is 0 Å². The van der Waals surface area contributed by atoms with Crippen molar-refractivity contribution in [1.29, 1.82) is 0 Å². The number of nitrogens with zero attached hydrogens (tertiary/aromatic N) is 6. The number of anilines is 2. The number of carbonyl (C=O) groups excluding carboxylic acids is 1. The largest absolute Gasteiger partial charge is 0.383 e. The van der Waals surface area contributed by atoms with Crippen molar-refractivity contribution >= 4 is 40.0 Å². The van der Waals surface area contributed by atoms with Gasteiger partial charge in [0.2, 0.25) is 5.91 Å². The summed E-state index contributed by atoms with van der Waals surface area (Å²) in [7, 11) is 5.68.